The lowest BCUT2D eigenvalue weighted by atomic mass is 10.2. The van der Waals surface area contributed by atoms with Crippen LogP contribution in [0.4, 0.5) is 0 Å². The number of hydrogen-bond donors (Lipinski definition) is 1. The van der Waals surface area contributed by atoms with Crippen LogP contribution in [0.15, 0.2) is 30.3 Å². The highest BCUT2D eigenvalue weighted by Gasteiger charge is 2.04. The van der Waals surface area contributed by atoms with E-state index in [4.69, 9.17) is 9.47 Å². The standard InChI is InChI=1S/C13H21NO2/c1-3-16-13(15-2)9-10-14-11-12-7-5-4-6-8-12/h4-8,13-14H,3,9-11H2,1-2H3. The van der Waals surface area contributed by atoms with Gasteiger partial charge in [-0.25, -0.2) is 0 Å². The van der Waals surface area contributed by atoms with Gasteiger partial charge in [-0.2, -0.15) is 0 Å². The summed E-state index contributed by atoms with van der Waals surface area (Å²) < 4.78 is 10.6. The Hall–Kier alpha value is -0.900. The molecule has 0 radical (unpaired) electrons. The van der Waals surface area contributed by atoms with Gasteiger partial charge in [0.1, 0.15) is 0 Å². The molecule has 16 heavy (non-hydrogen) atoms. The van der Waals surface area contributed by atoms with Crippen LogP contribution in [0.2, 0.25) is 0 Å². The summed E-state index contributed by atoms with van der Waals surface area (Å²) in [4.78, 5) is 0. The molecule has 0 saturated carbocycles. The summed E-state index contributed by atoms with van der Waals surface area (Å²) in [7, 11) is 1.68. The fraction of sp³-hybridized carbons (Fsp3) is 0.538. The number of ether oxygens (including phenoxy) is 2. The highest BCUT2D eigenvalue weighted by Crippen LogP contribution is 2.00. The van der Waals surface area contributed by atoms with E-state index in [-0.39, 0.29) is 6.29 Å². The zero-order chi connectivity index (χ0) is 11.6. The summed E-state index contributed by atoms with van der Waals surface area (Å²) in [5.41, 5.74) is 1.30. The Bertz CT molecular complexity index is 264. The van der Waals surface area contributed by atoms with Crippen LogP contribution in [0.5, 0.6) is 0 Å². The Balaban J connectivity index is 2.11. The van der Waals surface area contributed by atoms with Crippen LogP contribution in [-0.4, -0.2) is 26.6 Å². The van der Waals surface area contributed by atoms with Gasteiger partial charge >= 0.3 is 0 Å². The van der Waals surface area contributed by atoms with Gasteiger partial charge in [0, 0.05) is 33.2 Å². The van der Waals surface area contributed by atoms with Crippen molar-refractivity contribution in [3.63, 3.8) is 0 Å². The van der Waals surface area contributed by atoms with E-state index in [1.807, 2.05) is 13.0 Å². The van der Waals surface area contributed by atoms with E-state index in [0.29, 0.717) is 6.61 Å². The Kier molecular flexibility index (Phi) is 6.81. The first-order valence-electron chi connectivity index (χ1n) is 5.76. The van der Waals surface area contributed by atoms with Gasteiger partial charge in [-0.1, -0.05) is 30.3 Å². The van der Waals surface area contributed by atoms with Crippen LogP contribution in [0.25, 0.3) is 0 Å². The first-order chi connectivity index (χ1) is 7.86. The van der Waals surface area contributed by atoms with E-state index in [2.05, 4.69) is 29.6 Å². The fourth-order valence-corrected chi connectivity index (χ4v) is 1.50. The van der Waals surface area contributed by atoms with Crippen molar-refractivity contribution >= 4 is 0 Å². The van der Waals surface area contributed by atoms with Crippen molar-refractivity contribution in [3.05, 3.63) is 35.9 Å². The summed E-state index contributed by atoms with van der Waals surface area (Å²) in [5.74, 6) is 0. The molecule has 1 N–H and O–H groups in total. The molecule has 0 saturated heterocycles. The first-order valence-corrected chi connectivity index (χ1v) is 5.76. The summed E-state index contributed by atoms with van der Waals surface area (Å²) >= 11 is 0. The number of nitrogens with one attached hydrogen (secondary N) is 1. The number of methoxy groups -OCH3 is 1. The van der Waals surface area contributed by atoms with Gasteiger partial charge in [0.2, 0.25) is 0 Å². The van der Waals surface area contributed by atoms with E-state index in [0.717, 1.165) is 19.5 Å². The molecule has 1 aromatic carbocycles. The maximum Gasteiger partial charge on any atom is 0.158 e. The summed E-state index contributed by atoms with van der Waals surface area (Å²) in [6, 6.07) is 10.4. The summed E-state index contributed by atoms with van der Waals surface area (Å²) in [6.07, 6.45) is 0.783. The van der Waals surface area contributed by atoms with Gasteiger partial charge in [-0.15, -0.1) is 0 Å². The molecule has 3 heteroatoms. The SMILES string of the molecule is CCOC(CCNCc1ccccc1)OC. The molecular weight excluding hydrogens is 202 g/mol. The molecule has 0 aromatic heterocycles. The second kappa shape index (κ2) is 8.28. The minimum Gasteiger partial charge on any atom is -0.356 e. The van der Waals surface area contributed by atoms with Crippen molar-refractivity contribution in [3.8, 4) is 0 Å². The van der Waals surface area contributed by atoms with Crippen LogP contribution < -0.4 is 5.32 Å². The second-order valence-corrected chi connectivity index (χ2v) is 3.57. The zero-order valence-corrected chi connectivity index (χ0v) is 10.1. The molecule has 0 heterocycles. The number of hydrogen-bond acceptors (Lipinski definition) is 3. The van der Waals surface area contributed by atoms with Gasteiger partial charge < -0.3 is 14.8 Å². The number of rotatable bonds is 8. The average Bonchev–Trinajstić information content (AvgIpc) is 2.34. The smallest absolute Gasteiger partial charge is 0.158 e. The quantitative estimate of drug-likeness (QED) is 0.541. The van der Waals surface area contributed by atoms with Crippen LogP contribution >= 0.6 is 0 Å². The Morgan fingerprint density at radius 2 is 2.00 bits per heavy atom. The maximum atomic E-state index is 5.38. The predicted octanol–water partition coefficient (Wildman–Crippen LogP) is 2.18. The van der Waals surface area contributed by atoms with Gasteiger partial charge in [0.15, 0.2) is 6.29 Å². The van der Waals surface area contributed by atoms with Gasteiger partial charge in [0.25, 0.3) is 0 Å². The van der Waals surface area contributed by atoms with Crippen molar-refractivity contribution in [1.82, 2.24) is 5.32 Å². The molecule has 0 fully saturated rings. The first kappa shape index (κ1) is 13.2. The lowest BCUT2D eigenvalue weighted by Gasteiger charge is -2.15. The summed E-state index contributed by atoms with van der Waals surface area (Å²) in [6.45, 7) is 4.46. The van der Waals surface area contributed by atoms with Crippen molar-refractivity contribution in [2.75, 3.05) is 20.3 Å². The lowest BCUT2D eigenvalue weighted by molar-refractivity contribution is -0.122. The minimum atomic E-state index is -0.0896. The molecule has 0 aliphatic rings. The van der Waals surface area contributed by atoms with E-state index in [1.54, 1.807) is 7.11 Å². The molecule has 0 bridgehead atoms. The normalized spacial score (nSPS) is 12.6. The molecule has 90 valence electrons. The highest BCUT2D eigenvalue weighted by atomic mass is 16.7. The predicted molar refractivity (Wildman–Crippen MR) is 65.2 cm³/mol. The molecule has 1 unspecified atom stereocenters. The van der Waals surface area contributed by atoms with Gasteiger partial charge in [-0.3, -0.25) is 0 Å². The van der Waals surface area contributed by atoms with E-state index >= 15 is 0 Å². The Morgan fingerprint density at radius 1 is 1.25 bits per heavy atom. The van der Waals surface area contributed by atoms with Gasteiger partial charge in [-0.05, 0) is 12.5 Å². The van der Waals surface area contributed by atoms with Crippen LogP contribution in [0.3, 0.4) is 0 Å². The van der Waals surface area contributed by atoms with Crippen LogP contribution in [-0.2, 0) is 16.0 Å². The topological polar surface area (TPSA) is 30.5 Å². The molecule has 0 amide bonds. The van der Waals surface area contributed by atoms with Crippen molar-refractivity contribution in [2.45, 2.75) is 26.2 Å². The van der Waals surface area contributed by atoms with Crippen molar-refractivity contribution < 1.29 is 9.47 Å². The van der Waals surface area contributed by atoms with E-state index in [9.17, 15) is 0 Å². The third kappa shape index (κ3) is 5.26. The van der Waals surface area contributed by atoms with Crippen LogP contribution in [0.1, 0.15) is 18.9 Å². The Labute approximate surface area is 97.8 Å². The molecule has 0 spiro atoms. The molecule has 0 aliphatic heterocycles. The maximum absolute atomic E-state index is 5.38. The van der Waals surface area contributed by atoms with Crippen molar-refractivity contribution in [2.24, 2.45) is 0 Å². The largest absolute Gasteiger partial charge is 0.356 e. The van der Waals surface area contributed by atoms with Crippen molar-refractivity contribution in [1.29, 1.82) is 0 Å². The van der Waals surface area contributed by atoms with Gasteiger partial charge in [0.05, 0.1) is 0 Å². The monoisotopic (exact) mass is 223 g/mol. The molecule has 1 aromatic rings. The highest BCUT2D eigenvalue weighted by molar-refractivity contribution is 5.14. The molecular formula is C13H21NO2. The Morgan fingerprint density at radius 3 is 2.62 bits per heavy atom. The van der Waals surface area contributed by atoms with Crippen LogP contribution in [0, 0.1) is 0 Å². The summed E-state index contributed by atoms with van der Waals surface area (Å²) in [5, 5.41) is 3.36. The zero-order valence-electron chi connectivity index (χ0n) is 10.1. The molecule has 3 nitrogen and oxygen atoms in total. The van der Waals surface area contributed by atoms with E-state index in [1.165, 1.54) is 5.56 Å². The lowest BCUT2D eigenvalue weighted by Crippen LogP contribution is -2.23. The van der Waals surface area contributed by atoms with E-state index < -0.39 is 0 Å². The molecule has 0 aliphatic carbocycles. The second-order valence-electron chi connectivity index (χ2n) is 3.57. The number of benzene rings is 1. The molecule has 1 rings (SSSR count). The average molecular weight is 223 g/mol. The minimum absolute atomic E-state index is 0.0896. The fourth-order valence-electron chi connectivity index (χ4n) is 1.50. The molecule has 1 atom stereocenters. The third-order valence-corrected chi connectivity index (χ3v) is 2.34. The third-order valence-electron chi connectivity index (χ3n) is 2.34.